The van der Waals surface area contributed by atoms with Crippen molar-refractivity contribution in [2.75, 3.05) is 0 Å². The molecule has 3 aromatic heterocycles. The zero-order valence-electron chi connectivity index (χ0n) is 23.4. The van der Waals surface area contributed by atoms with E-state index >= 15 is 0 Å². The van der Waals surface area contributed by atoms with Crippen LogP contribution < -0.4 is 11.1 Å². The molecule has 0 radical (unpaired) electrons. The molecule has 6 rings (SSSR count). The summed E-state index contributed by atoms with van der Waals surface area (Å²) in [5, 5.41) is 14.1. The Hall–Kier alpha value is -5.38. The summed E-state index contributed by atoms with van der Waals surface area (Å²) in [6.45, 7) is 7.48. The topological polar surface area (TPSA) is 104 Å². The minimum absolute atomic E-state index is 0.202. The molecular formula is C31H28N8O2. The van der Waals surface area contributed by atoms with E-state index in [-0.39, 0.29) is 16.8 Å². The summed E-state index contributed by atoms with van der Waals surface area (Å²) in [6, 6.07) is 24.3. The van der Waals surface area contributed by atoms with E-state index in [9.17, 15) is 9.59 Å². The van der Waals surface area contributed by atoms with Crippen molar-refractivity contribution >= 4 is 22.3 Å². The van der Waals surface area contributed by atoms with Crippen molar-refractivity contribution in [1.82, 2.24) is 28.7 Å². The van der Waals surface area contributed by atoms with Gasteiger partial charge < -0.3 is 0 Å². The second-order valence-electron chi connectivity index (χ2n) is 9.95. The molecule has 10 nitrogen and oxygen atoms in total. The molecule has 6 aromatic rings. The van der Waals surface area contributed by atoms with Crippen molar-refractivity contribution in [3.63, 3.8) is 0 Å². The van der Waals surface area contributed by atoms with Crippen molar-refractivity contribution in [3.05, 3.63) is 122 Å². The summed E-state index contributed by atoms with van der Waals surface area (Å²) in [5.41, 5.74) is 5.20. The van der Waals surface area contributed by atoms with Crippen LogP contribution in [0.25, 0.3) is 28.2 Å². The van der Waals surface area contributed by atoms with Crippen LogP contribution in [0.5, 0.6) is 0 Å². The lowest BCUT2D eigenvalue weighted by Gasteiger charge is -2.14. The first-order chi connectivity index (χ1) is 19.8. The Bertz CT molecular complexity index is 2080. The van der Waals surface area contributed by atoms with Gasteiger partial charge in [-0.1, -0.05) is 48.0 Å². The molecule has 0 amide bonds. The number of aromatic nitrogens is 6. The van der Waals surface area contributed by atoms with E-state index in [1.165, 1.54) is 0 Å². The number of nitrogens with zero attached hydrogens (tertiary/aromatic N) is 8. The molecule has 0 fully saturated rings. The average Bonchev–Trinajstić information content (AvgIpc) is 3.38. The van der Waals surface area contributed by atoms with Crippen LogP contribution in [0.4, 0.5) is 11.4 Å². The van der Waals surface area contributed by atoms with Crippen molar-refractivity contribution in [2.24, 2.45) is 17.3 Å². The lowest BCUT2D eigenvalue weighted by atomic mass is 10.2. The second-order valence-corrected chi connectivity index (χ2v) is 9.95. The zero-order chi connectivity index (χ0) is 28.8. The molecule has 0 bridgehead atoms. The fourth-order valence-electron chi connectivity index (χ4n) is 4.93. The maximum atomic E-state index is 13.7. The first-order valence-electron chi connectivity index (χ1n) is 13.2. The third-order valence-corrected chi connectivity index (χ3v) is 7.27. The van der Waals surface area contributed by atoms with Gasteiger partial charge in [-0.05, 0) is 64.1 Å². The number of aryl methyl sites for hydroxylation is 2. The maximum Gasteiger partial charge on any atom is 0.299 e. The molecule has 0 N–H and O–H groups in total. The third-order valence-electron chi connectivity index (χ3n) is 7.27. The summed E-state index contributed by atoms with van der Waals surface area (Å²) in [5.74, 6) is 0.335. The van der Waals surface area contributed by atoms with Gasteiger partial charge in [-0.2, -0.15) is 5.10 Å². The van der Waals surface area contributed by atoms with Gasteiger partial charge in [-0.15, -0.1) is 10.2 Å². The van der Waals surface area contributed by atoms with E-state index in [1.54, 1.807) is 24.7 Å². The van der Waals surface area contributed by atoms with E-state index in [1.807, 2.05) is 108 Å². The van der Waals surface area contributed by atoms with Crippen molar-refractivity contribution in [3.8, 4) is 17.3 Å². The van der Waals surface area contributed by atoms with Gasteiger partial charge in [-0.3, -0.25) is 14.3 Å². The minimum Gasteiger partial charge on any atom is -0.283 e. The van der Waals surface area contributed by atoms with E-state index in [0.29, 0.717) is 45.3 Å². The van der Waals surface area contributed by atoms with Crippen LogP contribution in [0.1, 0.15) is 22.6 Å². The number of azo groups is 1. The Morgan fingerprint density at radius 1 is 0.683 bits per heavy atom. The predicted octanol–water partition coefficient (Wildman–Crippen LogP) is 5.71. The van der Waals surface area contributed by atoms with Crippen LogP contribution in [0.3, 0.4) is 0 Å². The Morgan fingerprint density at radius 3 is 2.07 bits per heavy atom. The largest absolute Gasteiger partial charge is 0.299 e. The third kappa shape index (κ3) is 4.29. The predicted molar refractivity (Wildman–Crippen MR) is 159 cm³/mol. The van der Waals surface area contributed by atoms with Gasteiger partial charge in [0.15, 0.2) is 5.69 Å². The normalized spacial score (nSPS) is 11.6. The summed E-state index contributed by atoms with van der Waals surface area (Å²) >= 11 is 0. The zero-order valence-corrected chi connectivity index (χ0v) is 23.4. The summed E-state index contributed by atoms with van der Waals surface area (Å²) < 4.78 is 6.49. The lowest BCUT2D eigenvalue weighted by Crippen LogP contribution is -2.25. The molecule has 0 saturated carbocycles. The molecule has 0 atom stereocenters. The highest BCUT2D eigenvalue weighted by Gasteiger charge is 2.21. The minimum atomic E-state index is -0.271. The van der Waals surface area contributed by atoms with Crippen LogP contribution in [0.15, 0.2) is 98.7 Å². The fourth-order valence-corrected chi connectivity index (χ4v) is 4.93. The fraction of sp³-hybridized carbons (Fsp3) is 0.161. The SMILES string of the molecule is Cc1ccc(-n2c(-n3nc(C)c(N=Nc4c(C)n(C)n(-c5ccccc5)c4=O)c3C)nc3ccccc3c2=O)cc1. The molecule has 0 spiro atoms. The molecule has 0 aliphatic carbocycles. The Morgan fingerprint density at radius 2 is 1.34 bits per heavy atom. The van der Waals surface area contributed by atoms with Crippen LogP contribution in [-0.2, 0) is 7.05 Å². The van der Waals surface area contributed by atoms with Gasteiger partial charge in [0.1, 0.15) is 5.69 Å². The highest BCUT2D eigenvalue weighted by Crippen LogP contribution is 2.29. The van der Waals surface area contributed by atoms with Crippen molar-refractivity contribution < 1.29 is 0 Å². The molecule has 0 aliphatic rings. The average molecular weight is 545 g/mol. The number of fused-ring (bicyclic) bond motifs is 1. The van der Waals surface area contributed by atoms with Gasteiger partial charge in [0.25, 0.3) is 11.1 Å². The highest BCUT2D eigenvalue weighted by atomic mass is 16.1. The van der Waals surface area contributed by atoms with Crippen molar-refractivity contribution in [1.29, 1.82) is 0 Å². The van der Waals surface area contributed by atoms with Gasteiger partial charge in [0.2, 0.25) is 5.95 Å². The van der Waals surface area contributed by atoms with Crippen LogP contribution in [0.2, 0.25) is 0 Å². The Kier molecular flexibility index (Phi) is 6.30. The molecule has 10 heteroatoms. The number of para-hydroxylation sites is 2. The van der Waals surface area contributed by atoms with Gasteiger partial charge in [0, 0.05) is 7.05 Å². The summed E-state index contributed by atoms with van der Waals surface area (Å²) in [7, 11) is 1.81. The molecule has 0 saturated heterocycles. The Labute approximate surface area is 235 Å². The van der Waals surface area contributed by atoms with Crippen LogP contribution in [0, 0.1) is 27.7 Å². The van der Waals surface area contributed by atoms with Crippen LogP contribution in [-0.4, -0.2) is 28.7 Å². The summed E-state index contributed by atoms with van der Waals surface area (Å²) in [4.78, 5) is 31.9. The molecule has 204 valence electrons. The smallest absolute Gasteiger partial charge is 0.283 e. The maximum absolute atomic E-state index is 13.7. The van der Waals surface area contributed by atoms with E-state index in [2.05, 4.69) is 10.2 Å². The van der Waals surface area contributed by atoms with Crippen LogP contribution >= 0.6 is 0 Å². The molecular weight excluding hydrogens is 516 g/mol. The molecule has 41 heavy (non-hydrogen) atoms. The summed E-state index contributed by atoms with van der Waals surface area (Å²) in [6.07, 6.45) is 0. The first kappa shape index (κ1) is 25.9. The number of rotatable bonds is 5. The standard InChI is InChI=1S/C31H28N8O2/c1-19-15-17-23(18-16-19)37-29(40)25-13-9-10-14-26(25)32-31(37)38-22(4)27(20(2)35-38)33-34-28-21(3)36(5)39(30(28)41)24-11-7-6-8-12-24/h6-18H,1-5H3. The molecule has 3 aromatic carbocycles. The van der Waals surface area contributed by atoms with E-state index in [4.69, 9.17) is 10.1 Å². The second kappa shape index (κ2) is 9.98. The van der Waals surface area contributed by atoms with Crippen molar-refractivity contribution in [2.45, 2.75) is 27.7 Å². The molecule has 0 unspecified atom stereocenters. The number of hydrogen-bond acceptors (Lipinski definition) is 6. The van der Waals surface area contributed by atoms with Gasteiger partial charge >= 0.3 is 0 Å². The quantitative estimate of drug-likeness (QED) is 0.259. The van der Waals surface area contributed by atoms with E-state index < -0.39 is 0 Å². The first-order valence-corrected chi connectivity index (χ1v) is 13.2. The monoisotopic (exact) mass is 544 g/mol. The molecule has 3 heterocycles. The molecule has 0 aliphatic heterocycles. The lowest BCUT2D eigenvalue weighted by molar-refractivity contribution is 0.630. The Balaban J connectivity index is 1.50. The highest BCUT2D eigenvalue weighted by molar-refractivity contribution is 5.78. The number of hydrogen-bond donors (Lipinski definition) is 0. The van der Waals surface area contributed by atoms with Gasteiger partial charge in [-0.25, -0.2) is 18.9 Å². The van der Waals surface area contributed by atoms with E-state index in [0.717, 1.165) is 11.3 Å². The number of benzene rings is 3. The van der Waals surface area contributed by atoms with Gasteiger partial charge in [0.05, 0.1) is 39.4 Å².